The lowest BCUT2D eigenvalue weighted by Crippen LogP contribution is -2.26. The van der Waals surface area contributed by atoms with Crippen molar-refractivity contribution in [3.63, 3.8) is 0 Å². The van der Waals surface area contributed by atoms with Crippen molar-refractivity contribution in [1.29, 1.82) is 0 Å². The molecule has 0 aliphatic carbocycles. The van der Waals surface area contributed by atoms with E-state index in [1.54, 1.807) is 25.3 Å². The second kappa shape index (κ2) is 6.24. The van der Waals surface area contributed by atoms with E-state index in [4.69, 9.17) is 4.74 Å². The SMILES string of the molecule is COc1cccc(CN(C)S(=O)(=O)c2ccc(F)cc2)c1. The van der Waals surface area contributed by atoms with Crippen LogP contribution in [0.1, 0.15) is 5.56 Å². The molecule has 0 atom stereocenters. The van der Waals surface area contributed by atoms with Crippen molar-refractivity contribution in [3.05, 3.63) is 59.9 Å². The lowest BCUT2D eigenvalue weighted by molar-refractivity contribution is 0.412. The molecule has 2 aromatic carbocycles. The standard InChI is InChI=1S/C15H16FNO3S/c1-17(11-12-4-3-5-14(10-12)20-2)21(18,19)15-8-6-13(16)7-9-15/h3-10H,11H2,1-2H3. The minimum absolute atomic E-state index is 0.0642. The van der Waals surface area contributed by atoms with Gasteiger partial charge in [-0.25, -0.2) is 12.8 Å². The van der Waals surface area contributed by atoms with Crippen LogP contribution < -0.4 is 4.74 Å². The molecule has 0 saturated carbocycles. The number of nitrogens with zero attached hydrogens (tertiary/aromatic N) is 1. The van der Waals surface area contributed by atoms with Crippen molar-refractivity contribution in [2.75, 3.05) is 14.2 Å². The zero-order chi connectivity index (χ0) is 15.5. The Hall–Kier alpha value is -1.92. The smallest absolute Gasteiger partial charge is 0.243 e. The highest BCUT2D eigenvalue weighted by molar-refractivity contribution is 7.89. The van der Waals surface area contributed by atoms with Gasteiger partial charge in [0.1, 0.15) is 11.6 Å². The molecule has 0 N–H and O–H groups in total. The van der Waals surface area contributed by atoms with E-state index >= 15 is 0 Å². The largest absolute Gasteiger partial charge is 0.497 e. The molecule has 0 bridgehead atoms. The Morgan fingerprint density at radius 2 is 1.81 bits per heavy atom. The van der Waals surface area contributed by atoms with Gasteiger partial charge in [-0.05, 0) is 42.0 Å². The van der Waals surface area contributed by atoms with Gasteiger partial charge >= 0.3 is 0 Å². The Morgan fingerprint density at radius 3 is 2.43 bits per heavy atom. The molecule has 6 heteroatoms. The predicted octanol–water partition coefficient (Wildman–Crippen LogP) is 2.66. The van der Waals surface area contributed by atoms with E-state index in [0.717, 1.165) is 17.7 Å². The fraction of sp³-hybridized carbons (Fsp3) is 0.200. The number of methoxy groups -OCH3 is 1. The average molecular weight is 309 g/mol. The quantitative estimate of drug-likeness (QED) is 0.853. The highest BCUT2D eigenvalue weighted by atomic mass is 32.2. The molecular formula is C15H16FNO3S. The van der Waals surface area contributed by atoms with E-state index in [-0.39, 0.29) is 11.4 Å². The molecule has 0 heterocycles. The number of halogens is 1. The van der Waals surface area contributed by atoms with Crippen molar-refractivity contribution >= 4 is 10.0 Å². The normalized spacial score (nSPS) is 11.6. The Kier molecular flexibility index (Phi) is 4.59. The molecule has 0 spiro atoms. The van der Waals surface area contributed by atoms with E-state index in [1.807, 2.05) is 6.07 Å². The number of rotatable bonds is 5. The highest BCUT2D eigenvalue weighted by Gasteiger charge is 2.20. The molecule has 2 rings (SSSR count). The van der Waals surface area contributed by atoms with Gasteiger partial charge in [-0.1, -0.05) is 12.1 Å². The third-order valence-corrected chi connectivity index (χ3v) is 4.88. The highest BCUT2D eigenvalue weighted by Crippen LogP contribution is 2.19. The molecule has 112 valence electrons. The molecule has 21 heavy (non-hydrogen) atoms. The van der Waals surface area contributed by atoms with Crippen LogP contribution in [-0.4, -0.2) is 26.9 Å². The zero-order valence-electron chi connectivity index (χ0n) is 11.8. The van der Waals surface area contributed by atoms with Gasteiger partial charge in [0.15, 0.2) is 0 Å². The maximum Gasteiger partial charge on any atom is 0.243 e. The minimum Gasteiger partial charge on any atom is -0.497 e. The van der Waals surface area contributed by atoms with E-state index < -0.39 is 15.8 Å². The lowest BCUT2D eigenvalue weighted by Gasteiger charge is -2.17. The van der Waals surface area contributed by atoms with Crippen LogP contribution in [0.5, 0.6) is 5.75 Å². The van der Waals surface area contributed by atoms with Crippen molar-refractivity contribution < 1.29 is 17.5 Å². The van der Waals surface area contributed by atoms with Gasteiger partial charge in [-0.3, -0.25) is 0 Å². The Morgan fingerprint density at radius 1 is 1.14 bits per heavy atom. The third kappa shape index (κ3) is 3.59. The zero-order valence-corrected chi connectivity index (χ0v) is 12.6. The van der Waals surface area contributed by atoms with Gasteiger partial charge in [-0.2, -0.15) is 4.31 Å². The Labute approximate surface area is 123 Å². The first kappa shape index (κ1) is 15.5. The lowest BCUT2D eigenvalue weighted by atomic mass is 10.2. The second-order valence-electron chi connectivity index (χ2n) is 4.57. The van der Waals surface area contributed by atoms with Crippen LogP contribution in [-0.2, 0) is 16.6 Å². The van der Waals surface area contributed by atoms with E-state index in [1.165, 1.54) is 23.5 Å². The summed E-state index contributed by atoms with van der Waals surface area (Å²) in [5, 5.41) is 0. The molecule has 0 radical (unpaired) electrons. The number of hydrogen-bond acceptors (Lipinski definition) is 3. The van der Waals surface area contributed by atoms with Gasteiger partial charge in [-0.15, -0.1) is 0 Å². The molecule has 0 amide bonds. The van der Waals surface area contributed by atoms with Crippen LogP contribution in [0.25, 0.3) is 0 Å². The van der Waals surface area contributed by atoms with Crippen molar-refractivity contribution in [3.8, 4) is 5.75 Å². The molecule has 0 saturated heterocycles. The first-order chi connectivity index (χ1) is 9.93. The summed E-state index contributed by atoms with van der Waals surface area (Å²) < 4.78 is 44.0. The summed E-state index contributed by atoms with van der Waals surface area (Å²) in [6, 6.07) is 12.0. The van der Waals surface area contributed by atoms with Crippen LogP contribution in [0.3, 0.4) is 0 Å². The first-order valence-corrected chi connectivity index (χ1v) is 7.72. The van der Waals surface area contributed by atoms with E-state index in [9.17, 15) is 12.8 Å². The van der Waals surface area contributed by atoms with Gasteiger partial charge in [0.2, 0.25) is 10.0 Å². The van der Waals surface area contributed by atoms with Crippen LogP contribution >= 0.6 is 0 Å². The second-order valence-corrected chi connectivity index (χ2v) is 6.61. The summed E-state index contributed by atoms with van der Waals surface area (Å²) in [5.74, 6) is 0.199. The summed E-state index contributed by atoms with van der Waals surface area (Å²) in [6.45, 7) is 0.205. The molecule has 0 aromatic heterocycles. The van der Waals surface area contributed by atoms with Crippen LogP contribution in [0.15, 0.2) is 53.4 Å². The van der Waals surface area contributed by atoms with E-state index in [0.29, 0.717) is 5.75 Å². The third-order valence-electron chi connectivity index (χ3n) is 3.06. The van der Waals surface area contributed by atoms with Gasteiger partial charge in [0.05, 0.1) is 12.0 Å². The van der Waals surface area contributed by atoms with Gasteiger partial charge < -0.3 is 4.74 Å². The van der Waals surface area contributed by atoms with Crippen LogP contribution in [0, 0.1) is 5.82 Å². The molecule has 4 nitrogen and oxygen atoms in total. The summed E-state index contributed by atoms with van der Waals surface area (Å²) in [6.07, 6.45) is 0. The number of hydrogen-bond donors (Lipinski definition) is 0. The minimum atomic E-state index is -3.65. The summed E-state index contributed by atoms with van der Waals surface area (Å²) >= 11 is 0. The molecule has 0 aliphatic heterocycles. The summed E-state index contributed by atoms with van der Waals surface area (Å²) in [4.78, 5) is 0.0642. The first-order valence-electron chi connectivity index (χ1n) is 6.28. The fourth-order valence-corrected chi connectivity index (χ4v) is 3.06. The van der Waals surface area contributed by atoms with Crippen LogP contribution in [0.4, 0.5) is 4.39 Å². The fourth-order valence-electron chi connectivity index (χ4n) is 1.90. The topological polar surface area (TPSA) is 46.6 Å². The molecular weight excluding hydrogens is 293 g/mol. The molecule has 0 aliphatic rings. The van der Waals surface area contributed by atoms with Crippen molar-refractivity contribution in [1.82, 2.24) is 4.31 Å². The number of ether oxygens (including phenoxy) is 1. The van der Waals surface area contributed by atoms with Crippen molar-refractivity contribution in [2.24, 2.45) is 0 Å². The summed E-state index contributed by atoms with van der Waals surface area (Å²) in [7, 11) is -0.610. The number of benzene rings is 2. The summed E-state index contributed by atoms with van der Waals surface area (Å²) in [5.41, 5.74) is 0.808. The van der Waals surface area contributed by atoms with Gasteiger partial charge in [0.25, 0.3) is 0 Å². The molecule has 0 fully saturated rings. The monoisotopic (exact) mass is 309 g/mol. The Balaban J connectivity index is 2.22. The maximum atomic E-state index is 12.9. The molecule has 2 aromatic rings. The van der Waals surface area contributed by atoms with E-state index in [2.05, 4.69) is 0 Å². The maximum absolute atomic E-state index is 12.9. The number of sulfonamides is 1. The van der Waals surface area contributed by atoms with Crippen molar-refractivity contribution in [2.45, 2.75) is 11.4 Å². The average Bonchev–Trinajstić information content (AvgIpc) is 2.48. The Bertz CT molecular complexity index is 714. The van der Waals surface area contributed by atoms with Crippen LogP contribution in [0.2, 0.25) is 0 Å². The molecule has 0 unspecified atom stereocenters. The van der Waals surface area contributed by atoms with Gasteiger partial charge in [0, 0.05) is 13.6 Å². The predicted molar refractivity (Wildman–Crippen MR) is 78.0 cm³/mol.